The number of likely N-dealkylation sites (tertiary alicyclic amines) is 1. The van der Waals surface area contributed by atoms with E-state index in [0.717, 1.165) is 18.7 Å². The van der Waals surface area contributed by atoms with Gasteiger partial charge in [-0.25, -0.2) is 13.8 Å². The molecule has 0 bridgehead atoms. The van der Waals surface area contributed by atoms with Crippen LogP contribution in [0.3, 0.4) is 0 Å². The first-order chi connectivity index (χ1) is 15.5. The molecule has 2 heterocycles. The Morgan fingerprint density at radius 1 is 1.09 bits per heavy atom. The standard InChI is InChI=1S/C23H36F2N6O/c1-27-22-18(9-10-20(30-22)28-16-7-5-3-2-4-6-8-16)21(26)23(32)29-17-11-13-31(14-12-17)15-19(24)25/h9-10,16-17,19,26H,2-8,11-15H2,1H3,(H,29,32)(H2,27,28,30). The fraction of sp³-hybridized carbons (Fsp3) is 0.696. The molecule has 0 aromatic carbocycles. The largest absolute Gasteiger partial charge is 0.373 e. The highest BCUT2D eigenvalue weighted by Gasteiger charge is 2.25. The molecule has 0 radical (unpaired) electrons. The van der Waals surface area contributed by atoms with E-state index >= 15 is 0 Å². The molecule has 0 atom stereocenters. The predicted molar refractivity (Wildman–Crippen MR) is 124 cm³/mol. The van der Waals surface area contributed by atoms with Crippen LogP contribution in [-0.2, 0) is 4.79 Å². The molecule has 0 unspecified atom stereocenters. The summed E-state index contributed by atoms with van der Waals surface area (Å²) in [5.41, 5.74) is 0.303. The summed E-state index contributed by atoms with van der Waals surface area (Å²) in [6.07, 6.45) is 7.46. The molecule has 1 amide bonds. The predicted octanol–water partition coefficient (Wildman–Crippen LogP) is 3.86. The average molecular weight is 451 g/mol. The molecule has 9 heteroatoms. The molecule has 32 heavy (non-hydrogen) atoms. The number of aromatic nitrogens is 1. The highest BCUT2D eigenvalue weighted by molar-refractivity contribution is 6.45. The lowest BCUT2D eigenvalue weighted by molar-refractivity contribution is -0.115. The van der Waals surface area contributed by atoms with E-state index in [1.807, 2.05) is 6.07 Å². The van der Waals surface area contributed by atoms with Gasteiger partial charge in [0, 0.05) is 37.8 Å². The number of amides is 1. The molecule has 3 rings (SSSR count). The Labute approximate surface area is 189 Å². The number of hydrogen-bond acceptors (Lipinski definition) is 6. The Kier molecular flexibility index (Phi) is 9.20. The minimum absolute atomic E-state index is 0.108. The van der Waals surface area contributed by atoms with Gasteiger partial charge in [-0.3, -0.25) is 15.1 Å². The average Bonchev–Trinajstić information content (AvgIpc) is 2.76. The molecule has 2 aliphatic rings. The van der Waals surface area contributed by atoms with Crippen LogP contribution in [0, 0.1) is 5.41 Å². The van der Waals surface area contributed by atoms with Crippen molar-refractivity contribution in [1.29, 1.82) is 5.41 Å². The summed E-state index contributed by atoms with van der Waals surface area (Å²) in [6, 6.07) is 3.89. The monoisotopic (exact) mass is 450 g/mol. The Morgan fingerprint density at radius 3 is 2.38 bits per heavy atom. The van der Waals surface area contributed by atoms with Gasteiger partial charge in [-0.15, -0.1) is 0 Å². The fourth-order valence-corrected chi connectivity index (χ4v) is 4.58. The Morgan fingerprint density at radius 2 is 1.75 bits per heavy atom. The van der Waals surface area contributed by atoms with Gasteiger partial charge in [0.25, 0.3) is 12.3 Å². The van der Waals surface area contributed by atoms with E-state index in [4.69, 9.17) is 5.41 Å². The molecule has 1 aliphatic carbocycles. The molecule has 1 saturated carbocycles. The Bertz CT molecular complexity index is 759. The van der Waals surface area contributed by atoms with Crippen LogP contribution in [0.15, 0.2) is 12.1 Å². The van der Waals surface area contributed by atoms with Gasteiger partial charge in [0.15, 0.2) is 0 Å². The third-order valence-electron chi connectivity index (χ3n) is 6.40. The summed E-state index contributed by atoms with van der Waals surface area (Å²) in [5, 5.41) is 17.8. The van der Waals surface area contributed by atoms with E-state index in [-0.39, 0.29) is 18.3 Å². The number of carbonyl (C=O) groups is 1. The van der Waals surface area contributed by atoms with Crippen molar-refractivity contribution in [2.75, 3.05) is 37.3 Å². The first-order valence-electron chi connectivity index (χ1n) is 11.8. The van der Waals surface area contributed by atoms with Gasteiger partial charge in [0.05, 0.1) is 6.54 Å². The van der Waals surface area contributed by atoms with Crippen LogP contribution in [0.4, 0.5) is 20.4 Å². The van der Waals surface area contributed by atoms with Crippen LogP contribution < -0.4 is 16.0 Å². The second-order valence-corrected chi connectivity index (χ2v) is 8.84. The van der Waals surface area contributed by atoms with Crippen LogP contribution in [0.1, 0.15) is 63.4 Å². The third-order valence-corrected chi connectivity index (χ3v) is 6.40. The summed E-state index contributed by atoms with van der Waals surface area (Å²) in [4.78, 5) is 19.0. The number of carbonyl (C=O) groups excluding carboxylic acids is 1. The molecule has 1 aromatic heterocycles. The molecule has 2 fully saturated rings. The van der Waals surface area contributed by atoms with Crippen molar-refractivity contribution in [2.24, 2.45) is 0 Å². The number of pyridine rings is 1. The lowest BCUT2D eigenvalue weighted by Gasteiger charge is -2.32. The SMILES string of the molecule is CNc1nc(NC2CCCCCCC2)ccc1C(=N)C(=O)NC1CCN(CC(F)F)CC1. The number of anilines is 2. The fourth-order valence-electron chi connectivity index (χ4n) is 4.58. The Balaban J connectivity index is 1.56. The number of rotatable bonds is 8. The summed E-state index contributed by atoms with van der Waals surface area (Å²) in [7, 11) is 1.73. The molecule has 0 spiro atoms. The van der Waals surface area contributed by atoms with Crippen LogP contribution in [0.25, 0.3) is 0 Å². The summed E-state index contributed by atoms with van der Waals surface area (Å²) in [5.74, 6) is 0.785. The second-order valence-electron chi connectivity index (χ2n) is 8.84. The lowest BCUT2D eigenvalue weighted by Crippen LogP contribution is -2.47. The van der Waals surface area contributed by atoms with Crippen molar-refractivity contribution in [1.82, 2.24) is 15.2 Å². The van der Waals surface area contributed by atoms with E-state index in [1.165, 1.54) is 32.1 Å². The second kappa shape index (κ2) is 12.1. The van der Waals surface area contributed by atoms with Crippen LogP contribution >= 0.6 is 0 Å². The molecule has 4 N–H and O–H groups in total. The molecule has 7 nitrogen and oxygen atoms in total. The third kappa shape index (κ3) is 7.12. The van der Waals surface area contributed by atoms with E-state index in [2.05, 4.69) is 20.9 Å². The summed E-state index contributed by atoms with van der Waals surface area (Å²) in [6.45, 7) is 0.815. The highest BCUT2D eigenvalue weighted by atomic mass is 19.3. The van der Waals surface area contributed by atoms with Gasteiger partial charge in [-0.2, -0.15) is 0 Å². The van der Waals surface area contributed by atoms with Gasteiger partial charge in [0.2, 0.25) is 0 Å². The quantitative estimate of drug-likeness (QED) is 0.451. The number of halogens is 2. The van der Waals surface area contributed by atoms with Crippen LogP contribution in [-0.4, -0.2) is 66.7 Å². The molecule has 1 saturated heterocycles. The van der Waals surface area contributed by atoms with Gasteiger partial charge < -0.3 is 16.0 Å². The van der Waals surface area contributed by atoms with Crippen molar-refractivity contribution in [3.63, 3.8) is 0 Å². The molecular weight excluding hydrogens is 414 g/mol. The van der Waals surface area contributed by atoms with Crippen molar-refractivity contribution in [2.45, 2.75) is 76.3 Å². The zero-order valence-corrected chi connectivity index (χ0v) is 18.9. The van der Waals surface area contributed by atoms with E-state index in [0.29, 0.717) is 43.4 Å². The lowest BCUT2D eigenvalue weighted by atomic mass is 9.97. The molecule has 1 aliphatic heterocycles. The highest BCUT2D eigenvalue weighted by Crippen LogP contribution is 2.22. The number of alkyl halides is 2. The zero-order valence-electron chi connectivity index (χ0n) is 18.9. The van der Waals surface area contributed by atoms with Crippen molar-refractivity contribution >= 4 is 23.3 Å². The van der Waals surface area contributed by atoms with E-state index in [1.54, 1.807) is 18.0 Å². The number of nitrogens with zero attached hydrogens (tertiary/aromatic N) is 2. The van der Waals surface area contributed by atoms with Crippen molar-refractivity contribution < 1.29 is 13.6 Å². The minimum Gasteiger partial charge on any atom is -0.373 e. The van der Waals surface area contributed by atoms with E-state index < -0.39 is 12.3 Å². The summed E-state index contributed by atoms with van der Waals surface area (Å²) < 4.78 is 25.1. The Hall–Kier alpha value is -2.29. The van der Waals surface area contributed by atoms with Crippen molar-refractivity contribution in [3.05, 3.63) is 17.7 Å². The normalized spacial score (nSPS) is 19.2. The van der Waals surface area contributed by atoms with Gasteiger partial charge in [0.1, 0.15) is 17.3 Å². The zero-order chi connectivity index (χ0) is 22.9. The van der Waals surface area contributed by atoms with Crippen molar-refractivity contribution in [3.8, 4) is 0 Å². The first-order valence-corrected chi connectivity index (χ1v) is 11.8. The van der Waals surface area contributed by atoms with E-state index in [9.17, 15) is 13.6 Å². The van der Waals surface area contributed by atoms with Gasteiger partial charge in [-0.1, -0.05) is 32.1 Å². The molecular formula is C23H36F2N6O. The molecule has 1 aromatic rings. The number of nitrogens with one attached hydrogen (secondary N) is 4. The number of piperidine rings is 1. The maximum atomic E-state index is 12.7. The first kappa shape index (κ1) is 24.4. The smallest absolute Gasteiger partial charge is 0.270 e. The van der Waals surface area contributed by atoms with Gasteiger partial charge >= 0.3 is 0 Å². The maximum Gasteiger partial charge on any atom is 0.270 e. The summed E-state index contributed by atoms with van der Waals surface area (Å²) >= 11 is 0. The van der Waals surface area contributed by atoms with Crippen LogP contribution in [0.2, 0.25) is 0 Å². The topological polar surface area (TPSA) is 93.1 Å². The van der Waals surface area contributed by atoms with Gasteiger partial charge in [-0.05, 0) is 37.8 Å². The minimum atomic E-state index is -2.34. The number of hydrogen-bond donors (Lipinski definition) is 4. The molecule has 178 valence electrons. The maximum absolute atomic E-state index is 12.7. The van der Waals surface area contributed by atoms with Crippen LogP contribution in [0.5, 0.6) is 0 Å².